The van der Waals surface area contributed by atoms with E-state index in [2.05, 4.69) is 5.32 Å². The summed E-state index contributed by atoms with van der Waals surface area (Å²) in [7, 11) is 0. The largest absolute Gasteiger partial charge is 0.479 e. The molecule has 1 rings (SSSR count). The highest BCUT2D eigenvalue weighted by Crippen LogP contribution is 2.14. The van der Waals surface area contributed by atoms with Crippen molar-refractivity contribution in [2.45, 2.75) is 13.0 Å². The van der Waals surface area contributed by atoms with Crippen molar-refractivity contribution in [2.24, 2.45) is 0 Å². The van der Waals surface area contributed by atoms with Crippen molar-refractivity contribution >= 4 is 23.5 Å². The number of carbonyl (C=O) groups is 2. The smallest absolute Gasteiger partial charge is 0.332 e. The number of carboxylic acids is 1. The third kappa shape index (κ3) is 4.35. The van der Waals surface area contributed by atoms with Gasteiger partial charge in [-0.25, -0.2) is 4.79 Å². The van der Waals surface area contributed by atoms with Gasteiger partial charge in [0.05, 0.1) is 17.2 Å². The molecule has 0 aromatic heterocycles. The minimum absolute atomic E-state index is 0.129. The molecule has 6 heteroatoms. The molecule has 0 saturated carbocycles. The zero-order chi connectivity index (χ0) is 13.5. The Morgan fingerprint density at radius 2 is 2.11 bits per heavy atom. The molecular formula is C12H14ClNO4. The van der Waals surface area contributed by atoms with Crippen LogP contribution in [0.3, 0.4) is 0 Å². The van der Waals surface area contributed by atoms with Crippen molar-refractivity contribution < 1.29 is 19.4 Å². The van der Waals surface area contributed by atoms with Crippen LogP contribution in [0.2, 0.25) is 5.02 Å². The van der Waals surface area contributed by atoms with Crippen molar-refractivity contribution in [3.05, 3.63) is 34.9 Å². The maximum absolute atomic E-state index is 11.7. The highest BCUT2D eigenvalue weighted by Gasteiger charge is 2.11. The molecule has 18 heavy (non-hydrogen) atoms. The molecule has 1 unspecified atom stereocenters. The standard InChI is InChI=1S/C12H14ClNO4/c1-8(12(16)17)18-7-6-14-11(15)9-4-2-3-5-10(9)13/h2-5,8H,6-7H2,1H3,(H,14,15)(H,16,17). The highest BCUT2D eigenvalue weighted by molar-refractivity contribution is 6.33. The molecule has 1 amide bonds. The van der Waals surface area contributed by atoms with Gasteiger partial charge in [-0.05, 0) is 19.1 Å². The van der Waals surface area contributed by atoms with E-state index in [1.54, 1.807) is 24.3 Å². The Morgan fingerprint density at radius 1 is 1.44 bits per heavy atom. The molecule has 0 aliphatic carbocycles. The number of carboxylic acid groups (broad SMARTS) is 1. The molecule has 2 N–H and O–H groups in total. The molecule has 0 bridgehead atoms. The van der Waals surface area contributed by atoms with Crippen LogP contribution >= 0.6 is 11.6 Å². The number of rotatable bonds is 6. The highest BCUT2D eigenvalue weighted by atomic mass is 35.5. The van der Waals surface area contributed by atoms with Crippen LogP contribution in [-0.4, -0.2) is 36.2 Å². The van der Waals surface area contributed by atoms with E-state index >= 15 is 0 Å². The topological polar surface area (TPSA) is 75.6 Å². The van der Waals surface area contributed by atoms with Crippen molar-refractivity contribution in [3.63, 3.8) is 0 Å². The predicted octanol–water partition coefficient (Wildman–Crippen LogP) is 1.56. The van der Waals surface area contributed by atoms with Crippen LogP contribution in [0.25, 0.3) is 0 Å². The molecule has 1 aromatic carbocycles. The van der Waals surface area contributed by atoms with Gasteiger partial charge < -0.3 is 15.2 Å². The van der Waals surface area contributed by atoms with Gasteiger partial charge in [-0.2, -0.15) is 0 Å². The van der Waals surface area contributed by atoms with Crippen molar-refractivity contribution in [3.8, 4) is 0 Å². The van der Waals surface area contributed by atoms with Gasteiger partial charge >= 0.3 is 5.97 Å². The van der Waals surface area contributed by atoms with E-state index in [1.165, 1.54) is 6.92 Å². The van der Waals surface area contributed by atoms with E-state index in [-0.39, 0.29) is 19.1 Å². The van der Waals surface area contributed by atoms with Crippen LogP contribution in [0.5, 0.6) is 0 Å². The van der Waals surface area contributed by atoms with Crippen molar-refractivity contribution in [1.29, 1.82) is 0 Å². The van der Waals surface area contributed by atoms with E-state index in [9.17, 15) is 9.59 Å². The Kier molecular flexibility index (Phi) is 5.61. The molecule has 0 radical (unpaired) electrons. The predicted molar refractivity (Wildman–Crippen MR) is 66.8 cm³/mol. The monoisotopic (exact) mass is 271 g/mol. The van der Waals surface area contributed by atoms with Gasteiger partial charge in [0.2, 0.25) is 0 Å². The second-order valence-electron chi connectivity index (χ2n) is 3.59. The lowest BCUT2D eigenvalue weighted by Crippen LogP contribution is -2.30. The van der Waals surface area contributed by atoms with Crippen LogP contribution in [0.4, 0.5) is 0 Å². The molecule has 0 spiro atoms. The average Bonchev–Trinajstić information content (AvgIpc) is 2.34. The van der Waals surface area contributed by atoms with Gasteiger partial charge in [0, 0.05) is 6.54 Å². The molecule has 98 valence electrons. The summed E-state index contributed by atoms with van der Waals surface area (Å²) in [5, 5.41) is 11.5. The number of aliphatic carboxylic acids is 1. The third-order valence-electron chi connectivity index (χ3n) is 2.22. The van der Waals surface area contributed by atoms with Gasteiger partial charge in [-0.3, -0.25) is 4.79 Å². The first-order valence-electron chi connectivity index (χ1n) is 5.39. The van der Waals surface area contributed by atoms with Crippen LogP contribution in [-0.2, 0) is 9.53 Å². The minimum atomic E-state index is -1.03. The van der Waals surface area contributed by atoms with E-state index in [1.807, 2.05) is 0 Å². The van der Waals surface area contributed by atoms with Crippen LogP contribution in [0.15, 0.2) is 24.3 Å². The van der Waals surface area contributed by atoms with Crippen molar-refractivity contribution in [2.75, 3.05) is 13.2 Å². The Morgan fingerprint density at radius 3 is 2.72 bits per heavy atom. The second kappa shape index (κ2) is 6.98. The first kappa shape index (κ1) is 14.5. The Balaban J connectivity index is 2.34. The van der Waals surface area contributed by atoms with Gasteiger partial charge in [-0.1, -0.05) is 23.7 Å². The minimum Gasteiger partial charge on any atom is -0.479 e. The number of hydrogen-bond donors (Lipinski definition) is 2. The molecule has 0 aliphatic heterocycles. The fraction of sp³-hybridized carbons (Fsp3) is 0.333. The van der Waals surface area contributed by atoms with E-state index < -0.39 is 12.1 Å². The summed E-state index contributed by atoms with van der Waals surface area (Å²) >= 11 is 5.85. The molecule has 0 saturated heterocycles. The zero-order valence-electron chi connectivity index (χ0n) is 9.85. The number of ether oxygens (including phenoxy) is 1. The molecule has 1 aromatic rings. The summed E-state index contributed by atoms with van der Waals surface area (Å²) in [5.74, 6) is -1.35. The number of benzene rings is 1. The summed E-state index contributed by atoms with van der Waals surface area (Å²) in [6.07, 6.45) is -0.887. The summed E-state index contributed by atoms with van der Waals surface area (Å²) in [6.45, 7) is 1.78. The third-order valence-corrected chi connectivity index (χ3v) is 2.55. The molecular weight excluding hydrogens is 258 g/mol. The molecule has 1 atom stereocenters. The second-order valence-corrected chi connectivity index (χ2v) is 3.99. The average molecular weight is 272 g/mol. The summed E-state index contributed by atoms with van der Waals surface area (Å²) < 4.78 is 4.97. The Hall–Kier alpha value is -1.59. The zero-order valence-corrected chi connectivity index (χ0v) is 10.6. The fourth-order valence-corrected chi connectivity index (χ4v) is 1.43. The summed E-state index contributed by atoms with van der Waals surface area (Å²) in [4.78, 5) is 22.1. The van der Waals surface area contributed by atoms with Gasteiger partial charge in [0.1, 0.15) is 0 Å². The molecule has 0 aliphatic rings. The maximum Gasteiger partial charge on any atom is 0.332 e. The number of carbonyl (C=O) groups excluding carboxylic acids is 1. The SMILES string of the molecule is CC(OCCNC(=O)c1ccccc1Cl)C(=O)O. The van der Waals surface area contributed by atoms with E-state index in [4.69, 9.17) is 21.4 Å². The fourth-order valence-electron chi connectivity index (χ4n) is 1.21. The van der Waals surface area contributed by atoms with Crippen LogP contribution in [0.1, 0.15) is 17.3 Å². The number of halogens is 1. The van der Waals surface area contributed by atoms with Gasteiger partial charge in [0.25, 0.3) is 5.91 Å². The van der Waals surface area contributed by atoms with Crippen LogP contribution in [0, 0.1) is 0 Å². The normalized spacial score (nSPS) is 11.9. The number of amides is 1. The molecule has 0 fully saturated rings. The lowest BCUT2D eigenvalue weighted by atomic mass is 10.2. The number of nitrogens with one attached hydrogen (secondary N) is 1. The lowest BCUT2D eigenvalue weighted by Gasteiger charge is -2.09. The molecule has 5 nitrogen and oxygen atoms in total. The lowest BCUT2D eigenvalue weighted by molar-refractivity contribution is -0.148. The maximum atomic E-state index is 11.7. The van der Waals surface area contributed by atoms with E-state index in [0.29, 0.717) is 10.6 Å². The van der Waals surface area contributed by atoms with Gasteiger partial charge in [-0.15, -0.1) is 0 Å². The Labute approximate surface area is 110 Å². The Bertz CT molecular complexity index is 436. The first-order valence-corrected chi connectivity index (χ1v) is 5.77. The van der Waals surface area contributed by atoms with Crippen molar-refractivity contribution in [1.82, 2.24) is 5.32 Å². The summed E-state index contributed by atoms with van der Waals surface area (Å²) in [6, 6.07) is 6.68. The first-order chi connectivity index (χ1) is 8.52. The van der Waals surface area contributed by atoms with Crippen LogP contribution < -0.4 is 5.32 Å². The summed E-state index contributed by atoms with van der Waals surface area (Å²) in [5.41, 5.74) is 0.380. The van der Waals surface area contributed by atoms with Gasteiger partial charge in [0.15, 0.2) is 6.10 Å². The number of hydrogen-bond acceptors (Lipinski definition) is 3. The molecule has 0 heterocycles. The van der Waals surface area contributed by atoms with E-state index in [0.717, 1.165) is 0 Å². The quantitative estimate of drug-likeness (QED) is 0.770.